The maximum Gasteiger partial charge on any atom is 0.446 e. The van der Waals surface area contributed by atoms with Crippen molar-refractivity contribution in [3.8, 4) is 28.7 Å². The van der Waals surface area contributed by atoms with Crippen LogP contribution in [-0.2, 0) is 66.7 Å². The van der Waals surface area contributed by atoms with E-state index in [1.54, 1.807) is 0 Å². The number of rotatable bonds is 18. The molecule has 3 rings (SSSR count). The van der Waals surface area contributed by atoms with Gasteiger partial charge in [-0.25, -0.2) is 20.6 Å². The molecular formula is C17H15NO23S5. The first kappa shape index (κ1) is 37.3. The van der Waals surface area contributed by atoms with Gasteiger partial charge in [0.25, 0.3) is 42.9 Å². The average Bonchev–Trinajstić information content (AvgIpc) is 2.96. The third-order valence-corrected chi connectivity index (χ3v) is 7.00. The number of carboxylic acid groups (broad SMARTS) is 1. The van der Waals surface area contributed by atoms with Gasteiger partial charge in [-0.05, 0) is 35.4 Å². The van der Waals surface area contributed by atoms with E-state index >= 15 is 0 Å². The Balaban J connectivity index is 2.11. The monoisotopic (exact) mass is 761 g/mol. The Hall–Kier alpha value is -3.11. The van der Waals surface area contributed by atoms with Crippen molar-refractivity contribution >= 4 is 69.6 Å². The normalized spacial score (nSPS) is 14.7. The molecular weight excluding hydrogens is 747 g/mol. The van der Waals surface area contributed by atoms with E-state index in [4.69, 9.17) is 32.9 Å². The van der Waals surface area contributed by atoms with Crippen molar-refractivity contribution in [3.05, 3.63) is 41.0 Å². The third-order valence-electron chi connectivity index (χ3n) is 5.14. The van der Waals surface area contributed by atoms with Crippen LogP contribution in [0.1, 0.15) is 21.5 Å². The van der Waals surface area contributed by atoms with Crippen LogP contribution in [0.5, 0.6) is 28.7 Å². The standard InChI is InChI=1S/C17H15NO23S5/c19-16(8-3-13(33-44-41-38-24)15(35-46(28,29)30)14(4-8)34-45(25,26)27)18-6-9-5-12(32-43-40-37-23)11(31-42-39-36-22)2-7(9)1-10(18)17(20)21/h2-5,10,22-24H,1,6H2,(H,20,21)(H,25,26,27)(H,28,29,30)/t10-/m0/s1. The molecule has 0 unspecified atom stereocenters. The molecule has 46 heavy (non-hydrogen) atoms. The molecule has 1 aliphatic heterocycles. The van der Waals surface area contributed by atoms with Crippen LogP contribution < -0.4 is 20.9 Å². The Kier molecular flexibility index (Phi) is 13.5. The van der Waals surface area contributed by atoms with Crippen molar-refractivity contribution in [3.63, 3.8) is 0 Å². The van der Waals surface area contributed by atoms with Crippen molar-refractivity contribution < 1.29 is 105 Å². The van der Waals surface area contributed by atoms with Gasteiger partial charge in [0.1, 0.15) is 6.04 Å². The smallest absolute Gasteiger partial charge is 0.446 e. The molecule has 0 spiro atoms. The maximum atomic E-state index is 13.7. The molecule has 0 bridgehead atoms. The highest BCUT2D eigenvalue weighted by atomic mass is 32.3. The molecule has 2 aromatic rings. The lowest BCUT2D eigenvalue weighted by Crippen LogP contribution is -2.48. The van der Waals surface area contributed by atoms with Crippen LogP contribution in [0.3, 0.4) is 0 Å². The fraction of sp³-hybridized carbons (Fsp3) is 0.176. The van der Waals surface area contributed by atoms with E-state index < -0.39 is 74.5 Å². The highest BCUT2D eigenvalue weighted by molar-refractivity contribution is 7.90. The lowest BCUT2D eigenvalue weighted by atomic mass is 9.92. The molecule has 1 aliphatic rings. The number of amides is 1. The second kappa shape index (κ2) is 16.6. The van der Waals surface area contributed by atoms with Gasteiger partial charge in [0.2, 0.25) is 5.75 Å². The minimum atomic E-state index is -5.48. The Bertz CT molecular complexity index is 1620. The molecule has 256 valence electrons. The molecule has 6 N–H and O–H groups in total. The average molecular weight is 762 g/mol. The van der Waals surface area contributed by atoms with Crippen molar-refractivity contribution in [1.29, 1.82) is 0 Å². The second-order valence-electron chi connectivity index (χ2n) is 7.76. The Morgan fingerprint density at radius 3 is 1.67 bits per heavy atom. The number of hydrogen-bond acceptors (Lipinski definition) is 23. The number of carboxylic acids is 1. The first-order valence-corrected chi connectivity index (χ1v) is 15.6. The molecule has 0 fully saturated rings. The summed E-state index contributed by atoms with van der Waals surface area (Å²) in [5.74, 6) is -6.65. The van der Waals surface area contributed by atoms with Crippen LogP contribution in [0, 0.1) is 0 Å². The topological polar surface area (TPSA) is 329 Å². The fourth-order valence-corrected chi connectivity index (χ4v) is 5.12. The molecule has 29 heteroatoms. The number of aliphatic carboxylic acids is 1. The summed E-state index contributed by atoms with van der Waals surface area (Å²) in [6.45, 7) is -0.517. The highest BCUT2D eigenvalue weighted by Gasteiger charge is 2.37. The number of hydrogen-bond donors (Lipinski definition) is 6. The minimum absolute atomic E-state index is 0.0765. The molecule has 0 aromatic heterocycles. The number of benzene rings is 2. The molecule has 1 amide bonds. The van der Waals surface area contributed by atoms with Gasteiger partial charge in [0.15, 0.2) is 23.0 Å². The van der Waals surface area contributed by atoms with Gasteiger partial charge in [-0.1, -0.05) is 28.1 Å². The maximum absolute atomic E-state index is 13.7. The first-order chi connectivity index (χ1) is 21.7. The van der Waals surface area contributed by atoms with Gasteiger partial charge in [0.05, 0.1) is 0 Å². The lowest BCUT2D eigenvalue weighted by Gasteiger charge is -2.35. The van der Waals surface area contributed by atoms with E-state index in [0.717, 1.165) is 4.90 Å². The molecule has 0 aliphatic carbocycles. The van der Waals surface area contributed by atoms with Crippen molar-refractivity contribution in [2.24, 2.45) is 0 Å². The van der Waals surface area contributed by atoms with E-state index in [2.05, 4.69) is 36.5 Å². The van der Waals surface area contributed by atoms with Crippen molar-refractivity contribution in [2.75, 3.05) is 0 Å². The number of nitrogens with zero attached hydrogens (tertiary/aromatic N) is 1. The fourth-order valence-electron chi connectivity index (χ4n) is 3.64. The van der Waals surface area contributed by atoms with E-state index in [0.29, 0.717) is 12.1 Å². The van der Waals surface area contributed by atoms with Crippen LogP contribution in [0.15, 0.2) is 24.3 Å². The van der Waals surface area contributed by atoms with Gasteiger partial charge in [-0.3, -0.25) is 13.9 Å². The molecule has 1 atom stereocenters. The van der Waals surface area contributed by atoms with Crippen LogP contribution >= 0.6 is 37.0 Å². The Morgan fingerprint density at radius 1 is 0.717 bits per heavy atom. The van der Waals surface area contributed by atoms with E-state index in [1.165, 1.54) is 12.1 Å². The summed E-state index contributed by atoms with van der Waals surface area (Å²) in [6, 6.07) is 1.97. The Morgan fingerprint density at radius 2 is 1.20 bits per heavy atom. The van der Waals surface area contributed by atoms with Gasteiger partial charge < -0.3 is 30.9 Å². The zero-order chi connectivity index (χ0) is 34.1. The summed E-state index contributed by atoms with van der Waals surface area (Å²) < 4.78 is 100.0. The summed E-state index contributed by atoms with van der Waals surface area (Å²) in [5.41, 5.74) is -0.207. The number of carbonyl (C=O) groups excluding carboxylic acids is 1. The predicted octanol–water partition coefficient (Wildman–Crippen LogP) is 1.79. The zero-order valence-electron chi connectivity index (χ0n) is 21.4. The zero-order valence-corrected chi connectivity index (χ0v) is 25.5. The van der Waals surface area contributed by atoms with Gasteiger partial charge in [-0.15, -0.1) is 0 Å². The molecule has 2 aromatic carbocycles. The van der Waals surface area contributed by atoms with Crippen molar-refractivity contribution in [2.45, 2.75) is 19.0 Å². The lowest BCUT2D eigenvalue weighted by molar-refractivity contribution is -0.434. The second-order valence-corrected chi connectivity index (χ2v) is 11.1. The summed E-state index contributed by atoms with van der Waals surface area (Å²) in [4.78, 5) is 26.7. The van der Waals surface area contributed by atoms with Gasteiger partial charge >= 0.3 is 26.8 Å². The summed E-state index contributed by atoms with van der Waals surface area (Å²) in [6.07, 6.45) is -0.405. The molecule has 1 heterocycles. The molecule has 0 radical (unpaired) electrons. The van der Waals surface area contributed by atoms with E-state index in [1.807, 2.05) is 0 Å². The number of carbonyl (C=O) groups is 2. The summed E-state index contributed by atoms with van der Waals surface area (Å²) in [7, 11) is -10.9. The van der Waals surface area contributed by atoms with Gasteiger partial charge in [0, 0.05) is 18.5 Å². The summed E-state index contributed by atoms with van der Waals surface area (Å²) >= 11 is -0.0961. The third kappa shape index (κ3) is 10.7. The Labute approximate surface area is 268 Å². The first-order valence-electron chi connectivity index (χ1n) is 10.8. The van der Waals surface area contributed by atoms with Crippen LogP contribution in [0.2, 0.25) is 0 Å². The van der Waals surface area contributed by atoms with Crippen LogP contribution in [0.4, 0.5) is 0 Å². The highest BCUT2D eigenvalue weighted by Crippen LogP contribution is 2.43. The predicted molar refractivity (Wildman–Crippen MR) is 141 cm³/mol. The molecule has 24 nitrogen and oxygen atoms in total. The molecule has 0 saturated carbocycles. The van der Waals surface area contributed by atoms with Gasteiger partial charge in [-0.2, -0.15) is 16.8 Å². The van der Waals surface area contributed by atoms with Crippen molar-refractivity contribution in [1.82, 2.24) is 4.90 Å². The minimum Gasteiger partial charge on any atom is -0.480 e. The van der Waals surface area contributed by atoms with E-state index in [-0.39, 0.29) is 59.6 Å². The number of fused-ring (bicyclic) bond motifs is 1. The van der Waals surface area contributed by atoms with Crippen LogP contribution in [-0.4, -0.2) is 69.6 Å². The van der Waals surface area contributed by atoms with Crippen LogP contribution in [0.25, 0.3) is 0 Å². The summed E-state index contributed by atoms with van der Waals surface area (Å²) in [5, 5.41) is 45.0. The quantitative estimate of drug-likeness (QED) is 0.0414. The largest absolute Gasteiger partial charge is 0.480 e. The molecule has 0 saturated heterocycles. The SMILES string of the molecule is O=C(O)[C@@H]1Cc2cc(OSOOO)c(OSOOO)cc2CN1C(=O)c1cc(OSOOO)c(OS(=O)(=O)O)c(OS(=O)(=O)O)c1. The van der Waals surface area contributed by atoms with E-state index in [9.17, 15) is 36.1 Å².